The SMILES string of the molecule is CC(Oc1ccc(C(=O)Nc2ccc(Cl)cc2)cc1)C(=O)NN. The molecule has 0 radical (unpaired) electrons. The molecule has 0 spiro atoms. The molecule has 1 atom stereocenters. The highest BCUT2D eigenvalue weighted by Crippen LogP contribution is 2.17. The second-order valence-electron chi connectivity index (χ2n) is 4.75. The minimum Gasteiger partial charge on any atom is -0.481 e. The van der Waals surface area contributed by atoms with Crippen LogP contribution >= 0.6 is 11.6 Å². The van der Waals surface area contributed by atoms with Gasteiger partial charge in [-0.2, -0.15) is 0 Å². The molecule has 2 aromatic rings. The minimum absolute atomic E-state index is 0.258. The Bertz CT molecular complexity index is 687. The number of hydrogen-bond donors (Lipinski definition) is 3. The van der Waals surface area contributed by atoms with E-state index in [4.69, 9.17) is 22.2 Å². The Morgan fingerprint density at radius 2 is 1.70 bits per heavy atom. The number of carbonyl (C=O) groups excluding carboxylic acids is 2. The Balaban J connectivity index is 1.99. The van der Waals surface area contributed by atoms with E-state index in [0.29, 0.717) is 22.0 Å². The molecule has 0 aromatic heterocycles. The first-order valence-corrected chi connectivity index (χ1v) is 7.21. The van der Waals surface area contributed by atoms with E-state index in [1.165, 1.54) is 0 Å². The molecule has 2 amide bonds. The number of nitrogens with two attached hydrogens (primary N) is 1. The molecule has 0 saturated heterocycles. The quantitative estimate of drug-likeness (QED) is 0.445. The Kier molecular flexibility index (Phi) is 5.56. The highest BCUT2D eigenvalue weighted by Gasteiger charge is 2.13. The number of carbonyl (C=O) groups is 2. The monoisotopic (exact) mass is 333 g/mol. The summed E-state index contributed by atoms with van der Waals surface area (Å²) >= 11 is 5.79. The lowest BCUT2D eigenvalue weighted by atomic mass is 10.2. The number of hydrogen-bond acceptors (Lipinski definition) is 4. The van der Waals surface area contributed by atoms with Crippen LogP contribution < -0.4 is 21.3 Å². The van der Waals surface area contributed by atoms with Gasteiger partial charge in [-0.05, 0) is 55.5 Å². The van der Waals surface area contributed by atoms with Crippen LogP contribution in [0.2, 0.25) is 5.02 Å². The molecule has 2 rings (SSSR count). The smallest absolute Gasteiger partial charge is 0.274 e. The van der Waals surface area contributed by atoms with Crippen LogP contribution in [0.25, 0.3) is 0 Å². The molecular weight excluding hydrogens is 318 g/mol. The Hall–Kier alpha value is -2.57. The molecule has 0 fully saturated rings. The van der Waals surface area contributed by atoms with Crippen LogP contribution in [0.3, 0.4) is 0 Å². The van der Waals surface area contributed by atoms with Gasteiger partial charge in [0, 0.05) is 16.3 Å². The Morgan fingerprint density at radius 3 is 2.26 bits per heavy atom. The summed E-state index contributed by atoms with van der Waals surface area (Å²) in [6, 6.07) is 13.2. The third kappa shape index (κ3) is 4.70. The fourth-order valence-corrected chi connectivity index (χ4v) is 1.92. The van der Waals surface area contributed by atoms with Crippen LogP contribution in [0.4, 0.5) is 5.69 Å². The number of nitrogens with one attached hydrogen (secondary N) is 2. The molecule has 0 heterocycles. The predicted molar refractivity (Wildman–Crippen MR) is 88.3 cm³/mol. The van der Waals surface area contributed by atoms with Gasteiger partial charge in [-0.25, -0.2) is 5.84 Å². The topological polar surface area (TPSA) is 93.4 Å². The number of amides is 2. The average molecular weight is 334 g/mol. The summed E-state index contributed by atoms with van der Waals surface area (Å²) in [5, 5.41) is 3.35. The fourth-order valence-electron chi connectivity index (χ4n) is 1.80. The largest absolute Gasteiger partial charge is 0.481 e. The summed E-state index contributed by atoms with van der Waals surface area (Å²) in [4.78, 5) is 23.4. The van der Waals surface area contributed by atoms with Gasteiger partial charge in [-0.15, -0.1) is 0 Å². The van der Waals surface area contributed by atoms with E-state index in [0.717, 1.165) is 0 Å². The number of hydrazine groups is 1. The number of halogens is 1. The van der Waals surface area contributed by atoms with E-state index in [-0.39, 0.29) is 5.91 Å². The molecule has 0 aliphatic rings. The highest BCUT2D eigenvalue weighted by atomic mass is 35.5. The van der Waals surface area contributed by atoms with E-state index >= 15 is 0 Å². The van der Waals surface area contributed by atoms with E-state index in [1.807, 2.05) is 5.43 Å². The summed E-state index contributed by atoms with van der Waals surface area (Å²) in [6.45, 7) is 1.57. The van der Waals surface area contributed by atoms with Crippen LogP contribution in [0.1, 0.15) is 17.3 Å². The number of ether oxygens (including phenoxy) is 1. The van der Waals surface area contributed by atoms with Gasteiger partial charge in [0.2, 0.25) is 0 Å². The van der Waals surface area contributed by atoms with E-state index in [2.05, 4.69) is 5.32 Å². The molecule has 0 aliphatic heterocycles. The molecule has 1 unspecified atom stereocenters. The van der Waals surface area contributed by atoms with Crippen LogP contribution in [-0.2, 0) is 4.79 Å². The molecule has 120 valence electrons. The second kappa shape index (κ2) is 7.62. The van der Waals surface area contributed by atoms with Crippen molar-refractivity contribution < 1.29 is 14.3 Å². The van der Waals surface area contributed by atoms with Crippen LogP contribution in [0, 0.1) is 0 Å². The fraction of sp³-hybridized carbons (Fsp3) is 0.125. The zero-order valence-electron chi connectivity index (χ0n) is 12.4. The first kappa shape index (κ1) is 16.8. The molecular formula is C16H16ClN3O3. The second-order valence-corrected chi connectivity index (χ2v) is 5.19. The summed E-state index contributed by atoms with van der Waals surface area (Å²) in [5.74, 6) is 4.80. The van der Waals surface area contributed by atoms with Gasteiger partial charge in [0.15, 0.2) is 6.10 Å². The minimum atomic E-state index is -0.728. The standard InChI is InChI=1S/C16H16ClN3O3/c1-10(15(21)20-18)23-14-8-2-11(3-9-14)16(22)19-13-6-4-12(17)5-7-13/h2-10H,18H2,1H3,(H,19,22)(H,20,21). The van der Waals surface area contributed by atoms with Crippen molar-refractivity contribution in [3.63, 3.8) is 0 Å². The van der Waals surface area contributed by atoms with Crippen LogP contribution in [-0.4, -0.2) is 17.9 Å². The van der Waals surface area contributed by atoms with Crippen molar-refractivity contribution in [1.29, 1.82) is 0 Å². The van der Waals surface area contributed by atoms with Crippen molar-refractivity contribution in [1.82, 2.24) is 5.43 Å². The summed E-state index contributed by atoms with van der Waals surface area (Å²) in [6.07, 6.45) is -0.728. The van der Waals surface area contributed by atoms with E-state index in [1.54, 1.807) is 55.5 Å². The van der Waals surface area contributed by atoms with Gasteiger partial charge in [-0.3, -0.25) is 15.0 Å². The van der Waals surface area contributed by atoms with Crippen LogP contribution in [0.15, 0.2) is 48.5 Å². The number of rotatable bonds is 5. The number of benzene rings is 2. The molecule has 0 saturated carbocycles. The molecule has 0 aliphatic carbocycles. The maximum absolute atomic E-state index is 12.1. The van der Waals surface area contributed by atoms with Crippen molar-refractivity contribution >= 4 is 29.1 Å². The summed E-state index contributed by atoms with van der Waals surface area (Å²) in [7, 11) is 0. The van der Waals surface area contributed by atoms with Gasteiger partial charge in [0.1, 0.15) is 5.75 Å². The van der Waals surface area contributed by atoms with Crippen molar-refractivity contribution in [3.8, 4) is 5.75 Å². The predicted octanol–water partition coefficient (Wildman–Crippen LogP) is 2.35. The highest BCUT2D eigenvalue weighted by molar-refractivity contribution is 6.30. The first-order valence-electron chi connectivity index (χ1n) is 6.83. The van der Waals surface area contributed by atoms with Crippen molar-refractivity contribution in [3.05, 3.63) is 59.1 Å². The van der Waals surface area contributed by atoms with Gasteiger partial charge in [0.25, 0.3) is 11.8 Å². The molecule has 6 nitrogen and oxygen atoms in total. The first-order chi connectivity index (χ1) is 11.0. The van der Waals surface area contributed by atoms with Gasteiger partial charge < -0.3 is 10.1 Å². The van der Waals surface area contributed by atoms with Crippen molar-refractivity contribution in [2.75, 3.05) is 5.32 Å². The van der Waals surface area contributed by atoms with Gasteiger partial charge >= 0.3 is 0 Å². The van der Waals surface area contributed by atoms with E-state index < -0.39 is 12.0 Å². The average Bonchev–Trinajstić information content (AvgIpc) is 2.56. The third-order valence-electron chi connectivity index (χ3n) is 3.04. The lowest BCUT2D eigenvalue weighted by molar-refractivity contribution is -0.127. The van der Waals surface area contributed by atoms with Crippen LogP contribution in [0.5, 0.6) is 5.75 Å². The summed E-state index contributed by atoms with van der Waals surface area (Å²) in [5.41, 5.74) is 3.12. The summed E-state index contributed by atoms with van der Waals surface area (Å²) < 4.78 is 5.39. The van der Waals surface area contributed by atoms with Gasteiger partial charge in [0.05, 0.1) is 0 Å². The molecule has 23 heavy (non-hydrogen) atoms. The maximum Gasteiger partial charge on any atom is 0.274 e. The zero-order chi connectivity index (χ0) is 16.8. The lowest BCUT2D eigenvalue weighted by Crippen LogP contribution is -2.40. The Labute approximate surface area is 138 Å². The lowest BCUT2D eigenvalue weighted by Gasteiger charge is -2.13. The zero-order valence-corrected chi connectivity index (χ0v) is 13.1. The Morgan fingerprint density at radius 1 is 1.09 bits per heavy atom. The number of anilines is 1. The molecule has 7 heteroatoms. The molecule has 4 N–H and O–H groups in total. The van der Waals surface area contributed by atoms with Gasteiger partial charge in [-0.1, -0.05) is 11.6 Å². The normalized spacial score (nSPS) is 11.4. The maximum atomic E-state index is 12.1. The van der Waals surface area contributed by atoms with Crippen molar-refractivity contribution in [2.45, 2.75) is 13.0 Å². The third-order valence-corrected chi connectivity index (χ3v) is 3.29. The molecule has 0 bridgehead atoms. The molecule has 2 aromatic carbocycles. The van der Waals surface area contributed by atoms with Crippen molar-refractivity contribution in [2.24, 2.45) is 5.84 Å². The van der Waals surface area contributed by atoms with E-state index in [9.17, 15) is 9.59 Å².